The maximum atomic E-state index is 12.6. The van der Waals surface area contributed by atoms with Crippen LogP contribution in [0.2, 0.25) is 0 Å². The van der Waals surface area contributed by atoms with E-state index in [4.69, 9.17) is 14.2 Å². The monoisotopic (exact) mass is 446 g/mol. The standard InChI is InChI=1S/C19H30N2O8S/c1-12(22)10-19(27-5)28-11-18(3,4)15(29-19)16(25)21-7-6-14(24)20-8-9-30-17(26)13(2)23/h15H,6-11H2,1-5H3,(H,20,24)(H,21,25)/t15-,19?/m0/s1. The number of nitrogens with one attached hydrogen (secondary N) is 2. The van der Waals surface area contributed by atoms with Crippen molar-refractivity contribution in [1.82, 2.24) is 10.6 Å². The van der Waals surface area contributed by atoms with Crippen LogP contribution in [0.3, 0.4) is 0 Å². The number of carbonyl (C=O) groups is 5. The number of carbonyl (C=O) groups excluding carboxylic acids is 5. The lowest BCUT2D eigenvalue weighted by Crippen LogP contribution is -2.59. The van der Waals surface area contributed by atoms with Crippen molar-refractivity contribution < 1.29 is 38.2 Å². The summed E-state index contributed by atoms with van der Waals surface area (Å²) < 4.78 is 16.6. The van der Waals surface area contributed by atoms with E-state index in [2.05, 4.69) is 10.6 Å². The minimum atomic E-state index is -1.62. The lowest BCUT2D eigenvalue weighted by molar-refractivity contribution is -0.421. The summed E-state index contributed by atoms with van der Waals surface area (Å²) in [6, 6.07) is 0. The first-order valence-corrected chi connectivity index (χ1v) is 10.5. The topological polar surface area (TPSA) is 137 Å². The van der Waals surface area contributed by atoms with Crippen LogP contribution in [0.15, 0.2) is 0 Å². The first-order valence-electron chi connectivity index (χ1n) is 9.51. The van der Waals surface area contributed by atoms with Gasteiger partial charge in [-0.3, -0.25) is 24.0 Å². The highest BCUT2D eigenvalue weighted by molar-refractivity contribution is 8.15. The van der Waals surface area contributed by atoms with Crippen molar-refractivity contribution >= 4 is 40.3 Å². The molecule has 170 valence electrons. The maximum absolute atomic E-state index is 12.6. The van der Waals surface area contributed by atoms with Crippen molar-refractivity contribution in [2.45, 2.75) is 52.6 Å². The number of thioether (sulfide) groups is 1. The summed E-state index contributed by atoms with van der Waals surface area (Å²) in [7, 11) is 1.34. The Morgan fingerprint density at radius 3 is 2.33 bits per heavy atom. The fraction of sp³-hybridized carbons (Fsp3) is 0.737. The number of amides is 2. The number of ether oxygens (including phenoxy) is 3. The Bertz CT molecular complexity index is 681. The van der Waals surface area contributed by atoms with Crippen molar-refractivity contribution in [1.29, 1.82) is 0 Å². The van der Waals surface area contributed by atoms with Crippen molar-refractivity contribution in [3.63, 3.8) is 0 Å². The summed E-state index contributed by atoms with van der Waals surface area (Å²) in [5.74, 6) is -2.82. The van der Waals surface area contributed by atoms with Gasteiger partial charge in [-0.15, -0.1) is 0 Å². The minimum absolute atomic E-state index is 0.0313. The summed E-state index contributed by atoms with van der Waals surface area (Å²) in [5, 5.41) is 4.71. The van der Waals surface area contributed by atoms with Crippen LogP contribution in [-0.2, 0) is 38.2 Å². The van der Waals surface area contributed by atoms with Gasteiger partial charge in [0.25, 0.3) is 11.1 Å². The second-order valence-electron chi connectivity index (χ2n) is 7.62. The Balaban J connectivity index is 2.48. The molecule has 0 spiro atoms. The number of Topliss-reactive ketones (excluding diaryl/α,β-unsaturated/α-hetero) is 2. The van der Waals surface area contributed by atoms with E-state index in [1.54, 1.807) is 13.8 Å². The van der Waals surface area contributed by atoms with Gasteiger partial charge in [-0.2, -0.15) is 0 Å². The Kier molecular flexibility index (Phi) is 10.1. The minimum Gasteiger partial charge on any atom is -0.355 e. The van der Waals surface area contributed by atoms with Crippen LogP contribution in [-0.4, -0.2) is 73.1 Å². The Labute approximate surface area is 180 Å². The van der Waals surface area contributed by atoms with Gasteiger partial charge in [-0.1, -0.05) is 25.6 Å². The molecule has 1 heterocycles. The molecule has 0 radical (unpaired) electrons. The molecule has 1 unspecified atom stereocenters. The number of hydrogen-bond acceptors (Lipinski definition) is 9. The second kappa shape index (κ2) is 11.5. The SMILES string of the molecule is COC1(CC(C)=O)OCC(C)(C)[C@H](C(=O)NCCC(=O)NCCSC(=O)C(C)=O)O1. The fourth-order valence-electron chi connectivity index (χ4n) is 2.65. The van der Waals surface area contributed by atoms with E-state index in [-0.39, 0.29) is 50.0 Å². The van der Waals surface area contributed by atoms with Gasteiger partial charge in [0.15, 0.2) is 0 Å². The molecule has 0 aromatic heterocycles. The van der Waals surface area contributed by atoms with Gasteiger partial charge < -0.3 is 24.8 Å². The zero-order valence-electron chi connectivity index (χ0n) is 18.0. The lowest BCUT2D eigenvalue weighted by Gasteiger charge is -2.46. The van der Waals surface area contributed by atoms with Gasteiger partial charge >= 0.3 is 0 Å². The number of rotatable bonds is 11. The predicted molar refractivity (Wildman–Crippen MR) is 108 cm³/mol. The van der Waals surface area contributed by atoms with Gasteiger partial charge in [-0.05, 0) is 6.92 Å². The van der Waals surface area contributed by atoms with E-state index in [0.717, 1.165) is 11.8 Å². The van der Waals surface area contributed by atoms with Gasteiger partial charge in [0.05, 0.1) is 13.0 Å². The quantitative estimate of drug-likeness (QED) is 0.336. The number of ketones is 2. The molecule has 1 aliphatic heterocycles. The Hall–Kier alpha value is -1.82. The molecule has 0 saturated carbocycles. The molecule has 2 N–H and O–H groups in total. The highest BCUT2D eigenvalue weighted by atomic mass is 32.2. The highest BCUT2D eigenvalue weighted by Crippen LogP contribution is 2.37. The molecule has 0 aliphatic carbocycles. The van der Waals surface area contributed by atoms with Crippen LogP contribution in [0.5, 0.6) is 0 Å². The first kappa shape index (κ1) is 26.2. The smallest absolute Gasteiger partial charge is 0.290 e. The molecular weight excluding hydrogens is 416 g/mol. The average molecular weight is 447 g/mol. The zero-order chi connectivity index (χ0) is 22.9. The average Bonchev–Trinajstić information content (AvgIpc) is 2.66. The van der Waals surface area contributed by atoms with Crippen molar-refractivity contribution in [3.05, 3.63) is 0 Å². The molecule has 1 rings (SSSR count). The van der Waals surface area contributed by atoms with Crippen molar-refractivity contribution in [2.24, 2.45) is 5.41 Å². The van der Waals surface area contributed by atoms with E-state index >= 15 is 0 Å². The predicted octanol–water partition coefficient (Wildman–Crippen LogP) is 0.179. The molecule has 2 atom stereocenters. The molecule has 30 heavy (non-hydrogen) atoms. The number of hydrogen-bond donors (Lipinski definition) is 2. The van der Waals surface area contributed by atoms with Crippen LogP contribution < -0.4 is 10.6 Å². The fourth-order valence-corrected chi connectivity index (χ4v) is 3.24. The van der Waals surface area contributed by atoms with Crippen LogP contribution in [0.4, 0.5) is 0 Å². The molecule has 0 aromatic carbocycles. The molecule has 11 heteroatoms. The third-order valence-electron chi connectivity index (χ3n) is 4.28. The molecule has 0 bridgehead atoms. The largest absolute Gasteiger partial charge is 0.355 e. The summed E-state index contributed by atoms with van der Waals surface area (Å²) in [6.45, 7) is 6.59. The summed E-state index contributed by atoms with van der Waals surface area (Å²) in [5.41, 5.74) is -0.675. The zero-order valence-corrected chi connectivity index (χ0v) is 18.8. The maximum Gasteiger partial charge on any atom is 0.290 e. The van der Waals surface area contributed by atoms with Crippen LogP contribution in [0, 0.1) is 5.41 Å². The third-order valence-corrected chi connectivity index (χ3v) is 5.24. The molecule has 1 saturated heterocycles. The molecular formula is C19H30N2O8S. The molecule has 0 aromatic rings. The molecule has 1 aliphatic rings. The van der Waals surface area contributed by atoms with E-state index in [9.17, 15) is 24.0 Å². The molecule has 10 nitrogen and oxygen atoms in total. The van der Waals surface area contributed by atoms with Gasteiger partial charge in [-0.25, -0.2) is 0 Å². The van der Waals surface area contributed by atoms with Gasteiger partial charge in [0.1, 0.15) is 11.9 Å². The van der Waals surface area contributed by atoms with Crippen molar-refractivity contribution in [3.8, 4) is 0 Å². The first-order chi connectivity index (χ1) is 13.9. The van der Waals surface area contributed by atoms with E-state index in [0.29, 0.717) is 0 Å². The summed E-state index contributed by atoms with van der Waals surface area (Å²) in [6.07, 6.45) is -1.07. The molecule has 2 amide bonds. The number of methoxy groups -OCH3 is 1. The summed E-state index contributed by atoms with van der Waals surface area (Å²) in [4.78, 5) is 58.0. The lowest BCUT2D eigenvalue weighted by atomic mass is 9.85. The highest BCUT2D eigenvalue weighted by Gasteiger charge is 2.50. The Morgan fingerprint density at radius 2 is 1.77 bits per heavy atom. The van der Waals surface area contributed by atoms with Crippen LogP contribution in [0.1, 0.15) is 40.5 Å². The van der Waals surface area contributed by atoms with E-state index in [1.807, 2.05) is 0 Å². The van der Waals surface area contributed by atoms with Gasteiger partial charge in [0.2, 0.25) is 17.6 Å². The Morgan fingerprint density at radius 1 is 1.10 bits per heavy atom. The van der Waals surface area contributed by atoms with Crippen molar-refractivity contribution in [2.75, 3.05) is 32.6 Å². The normalized spacial score (nSPS) is 22.8. The second-order valence-corrected chi connectivity index (χ2v) is 8.69. The van der Waals surface area contributed by atoms with Gasteiger partial charge in [0, 0.05) is 44.7 Å². The third kappa shape index (κ3) is 8.13. The van der Waals surface area contributed by atoms with Crippen LogP contribution in [0.25, 0.3) is 0 Å². The summed E-state index contributed by atoms with van der Waals surface area (Å²) >= 11 is 0.843. The van der Waals surface area contributed by atoms with E-state index < -0.39 is 34.3 Å². The molecule has 1 fully saturated rings. The van der Waals surface area contributed by atoms with Crippen LogP contribution >= 0.6 is 11.8 Å². The van der Waals surface area contributed by atoms with E-state index in [1.165, 1.54) is 21.0 Å².